The number of aromatic amines is 1. The molecule has 1 aromatic carbocycles. The number of aliphatic hydroxyl groups is 2. The molecule has 0 aliphatic heterocycles. The highest BCUT2D eigenvalue weighted by atomic mass is 16.5. The monoisotopic (exact) mass is 248 g/mol. The zero-order valence-corrected chi connectivity index (χ0v) is 10.3. The van der Waals surface area contributed by atoms with E-state index in [4.69, 9.17) is 14.9 Å². The Labute approximate surface area is 105 Å². The van der Waals surface area contributed by atoms with Crippen LogP contribution in [-0.2, 0) is 11.3 Å². The summed E-state index contributed by atoms with van der Waals surface area (Å²) in [6, 6.07) is 7.06. The Kier molecular flexibility index (Phi) is 3.76. The first-order valence-corrected chi connectivity index (χ1v) is 5.62. The lowest BCUT2D eigenvalue weighted by atomic mass is 10.1. The average molecular weight is 248 g/mol. The van der Waals surface area contributed by atoms with Crippen molar-refractivity contribution in [3.8, 4) is 11.3 Å². The molecule has 1 aromatic heterocycles. The standard InChI is InChI=1S/C13H16N2O3/c1-8-12(15-11(14-8)7-18-2)9-4-3-5-10(6-9)13(16)17/h3-6,13,16-17H,7H2,1-2H3,(H,14,15). The van der Waals surface area contributed by atoms with E-state index in [1.807, 2.05) is 13.0 Å². The normalized spacial score (nSPS) is 11.2. The first-order valence-electron chi connectivity index (χ1n) is 5.62. The third-order valence-electron chi connectivity index (χ3n) is 2.69. The molecular weight excluding hydrogens is 232 g/mol. The van der Waals surface area contributed by atoms with Crippen molar-refractivity contribution in [2.45, 2.75) is 19.8 Å². The van der Waals surface area contributed by atoms with Crippen molar-refractivity contribution >= 4 is 0 Å². The molecule has 2 rings (SSSR count). The highest BCUT2D eigenvalue weighted by Crippen LogP contribution is 2.24. The number of nitrogens with one attached hydrogen (secondary N) is 1. The molecule has 5 nitrogen and oxygen atoms in total. The molecule has 18 heavy (non-hydrogen) atoms. The van der Waals surface area contributed by atoms with E-state index in [-0.39, 0.29) is 0 Å². The molecule has 0 unspecified atom stereocenters. The highest BCUT2D eigenvalue weighted by molar-refractivity contribution is 5.62. The Bertz CT molecular complexity index is 535. The minimum atomic E-state index is -1.47. The van der Waals surface area contributed by atoms with Gasteiger partial charge in [-0.1, -0.05) is 18.2 Å². The maximum absolute atomic E-state index is 9.16. The molecule has 96 valence electrons. The van der Waals surface area contributed by atoms with Crippen LogP contribution in [0.4, 0.5) is 0 Å². The van der Waals surface area contributed by atoms with E-state index in [1.165, 1.54) is 0 Å². The van der Waals surface area contributed by atoms with Crippen LogP contribution in [-0.4, -0.2) is 27.3 Å². The topological polar surface area (TPSA) is 78.4 Å². The van der Waals surface area contributed by atoms with Crippen LogP contribution in [0.5, 0.6) is 0 Å². The van der Waals surface area contributed by atoms with Crippen LogP contribution in [0.3, 0.4) is 0 Å². The number of ether oxygens (including phenoxy) is 1. The summed E-state index contributed by atoms with van der Waals surface area (Å²) in [7, 11) is 1.61. The summed E-state index contributed by atoms with van der Waals surface area (Å²) in [6.07, 6.45) is -1.47. The van der Waals surface area contributed by atoms with Crippen molar-refractivity contribution in [1.82, 2.24) is 9.97 Å². The molecule has 0 radical (unpaired) electrons. The van der Waals surface area contributed by atoms with Gasteiger partial charge in [-0.2, -0.15) is 0 Å². The van der Waals surface area contributed by atoms with Crippen molar-refractivity contribution in [2.24, 2.45) is 0 Å². The third kappa shape index (κ3) is 2.59. The number of hydrogen-bond acceptors (Lipinski definition) is 4. The van der Waals surface area contributed by atoms with Crippen LogP contribution >= 0.6 is 0 Å². The molecule has 3 N–H and O–H groups in total. The number of aryl methyl sites for hydroxylation is 1. The second-order valence-corrected chi connectivity index (χ2v) is 4.08. The largest absolute Gasteiger partial charge is 0.377 e. The molecule has 0 aliphatic carbocycles. The van der Waals surface area contributed by atoms with Gasteiger partial charge in [0.05, 0.1) is 11.4 Å². The summed E-state index contributed by atoms with van der Waals surface area (Å²) in [6.45, 7) is 2.32. The lowest BCUT2D eigenvalue weighted by molar-refractivity contribution is -0.0424. The molecule has 0 saturated carbocycles. The van der Waals surface area contributed by atoms with Gasteiger partial charge < -0.3 is 19.9 Å². The lowest BCUT2D eigenvalue weighted by Crippen LogP contribution is -1.95. The summed E-state index contributed by atoms with van der Waals surface area (Å²) < 4.78 is 5.02. The Hall–Kier alpha value is -1.69. The van der Waals surface area contributed by atoms with Crippen LogP contribution in [0.15, 0.2) is 24.3 Å². The number of nitrogens with zero attached hydrogens (tertiary/aromatic N) is 1. The molecule has 5 heteroatoms. The Balaban J connectivity index is 2.38. The van der Waals surface area contributed by atoms with E-state index in [0.717, 1.165) is 22.8 Å². The lowest BCUT2D eigenvalue weighted by Gasteiger charge is -2.06. The second-order valence-electron chi connectivity index (χ2n) is 4.08. The zero-order chi connectivity index (χ0) is 13.1. The van der Waals surface area contributed by atoms with Crippen molar-refractivity contribution in [2.75, 3.05) is 7.11 Å². The van der Waals surface area contributed by atoms with Crippen molar-refractivity contribution in [3.05, 3.63) is 41.3 Å². The van der Waals surface area contributed by atoms with Crippen molar-refractivity contribution < 1.29 is 14.9 Å². The van der Waals surface area contributed by atoms with Crippen LogP contribution in [0.1, 0.15) is 23.4 Å². The van der Waals surface area contributed by atoms with Gasteiger partial charge in [0, 0.05) is 18.2 Å². The fourth-order valence-corrected chi connectivity index (χ4v) is 1.86. The third-order valence-corrected chi connectivity index (χ3v) is 2.69. The van der Waals surface area contributed by atoms with Gasteiger partial charge in [-0.05, 0) is 13.0 Å². The number of aliphatic hydroxyl groups excluding tert-OH is 1. The number of methoxy groups -OCH3 is 1. The zero-order valence-electron chi connectivity index (χ0n) is 10.3. The summed E-state index contributed by atoms with van der Waals surface area (Å²) in [5.41, 5.74) is 3.04. The molecule has 0 fully saturated rings. The molecule has 2 aromatic rings. The van der Waals surface area contributed by atoms with E-state index in [0.29, 0.717) is 12.2 Å². The number of aromatic nitrogens is 2. The maximum Gasteiger partial charge on any atom is 0.178 e. The second kappa shape index (κ2) is 5.30. The fourth-order valence-electron chi connectivity index (χ4n) is 1.86. The van der Waals surface area contributed by atoms with E-state index in [1.54, 1.807) is 25.3 Å². The minimum Gasteiger partial charge on any atom is -0.377 e. The minimum absolute atomic E-state index is 0.420. The molecule has 0 atom stereocenters. The fraction of sp³-hybridized carbons (Fsp3) is 0.308. The Morgan fingerprint density at radius 2 is 2.17 bits per heavy atom. The van der Waals surface area contributed by atoms with Crippen LogP contribution in [0.25, 0.3) is 11.3 Å². The van der Waals surface area contributed by atoms with Crippen LogP contribution in [0.2, 0.25) is 0 Å². The smallest absolute Gasteiger partial charge is 0.178 e. The van der Waals surface area contributed by atoms with Gasteiger partial charge in [-0.3, -0.25) is 0 Å². The molecular formula is C13H16N2O3. The maximum atomic E-state index is 9.16. The van der Waals surface area contributed by atoms with Gasteiger partial charge in [-0.15, -0.1) is 0 Å². The molecule has 1 heterocycles. The highest BCUT2D eigenvalue weighted by Gasteiger charge is 2.10. The van der Waals surface area contributed by atoms with Crippen LogP contribution in [0, 0.1) is 6.92 Å². The molecule has 0 aliphatic rings. The summed E-state index contributed by atoms with van der Waals surface area (Å²) in [5, 5.41) is 18.3. The predicted octanol–water partition coefficient (Wildman–Crippen LogP) is 1.51. The summed E-state index contributed by atoms with van der Waals surface area (Å²) >= 11 is 0. The first-order chi connectivity index (χ1) is 8.61. The van der Waals surface area contributed by atoms with Gasteiger partial charge in [-0.25, -0.2) is 4.98 Å². The average Bonchev–Trinajstić information content (AvgIpc) is 2.71. The van der Waals surface area contributed by atoms with Gasteiger partial charge in [0.1, 0.15) is 12.4 Å². The number of benzene rings is 1. The van der Waals surface area contributed by atoms with E-state index >= 15 is 0 Å². The first kappa shape index (κ1) is 12.8. The van der Waals surface area contributed by atoms with Gasteiger partial charge in [0.2, 0.25) is 0 Å². The quantitative estimate of drug-likeness (QED) is 0.717. The molecule has 0 spiro atoms. The Morgan fingerprint density at radius 1 is 1.39 bits per heavy atom. The number of rotatable bonds is 4. The Morgan fingerprint density at radius 3 is 2.83 bits per heavy atom. The summed E-state index contributed by atoms with van der Waals surface area (Å²) in [5.74, 6) is 0.750. The van der Waals surface area contributed by atoms with Crippen molar-refractivity contribution in [1.29, 1.82) is 0 Å². The van der Waals surface area contributed by atoms with Crippen LogP contribution < -0.4 is 0 Å². The number of hydrogen-bond donors (Lipinski definition) is 3. The molecule has 0 amide bonds. The SMILES string of the molecule is COCc1nc(C)c(-c2cccc(C(O)O)c2)[nH]1. The molecule has 0 saturated heterocycles. The number of imidazole rings is 1. The number of H-pyrrole nitrogens is 1. The van der Waals surface area contributed by atoms with Gasteiger partial charge >= 0.3 is 0 Å². The van der Waals surface area contributed by atoms with E-state index < -0.39 is 6.29 Å². The van der Waals surface area contributed by atoms with Gasteiger partial charge in [0.15, 0.2) is 6.29 Å². The predicted molar refractivity (Wildman–Crippen MR) is 66.7 cm³/mol. The van der Waals surface area contributed by atoms with E-state index in [9.17, 15) is 0 Å². The van der Waals surface area contributed by atoms with Crippen molar-refractivity contribution in [3.63, 3.8) is 0 Å². The van der Waals surface area contributed by atoms with Gasteiger partial charge in [0.25, 0.3) is 0 Å². The summed E-state index contributed by atoms with van der Waals surface area (Å²) in [4.78, 5) is 7.51. The van der Waals surface area contributed by atoms with E-state index in [2.05, 4.69) is 9.97 Å². The molecule has 0 bridgehead atoms.